The van der Waals surface area contributed by atoms with Gasteiger partial charge in [-0.3, -0.25) is 19.1 Å². The lowest BCUT2D eigenvalue weighted by molar-refractivity contribution is -0.141. The SMILES string of the molecule is O=C(O)[C@@H]1CS(=O)C[C@H](C(=O)O)N1. The third-order valence-electron chi connectivity index (χ3n) is 1.70. The van der Waals surface area contributed by atoms with Crippen LogP contribution in [0, 0.1) is 0 Å². The maximum Gasteiger partial charge on any atom is 0.321 e. The molecule has 6 nitrogen and oxygen atoms in total. The number of carboxylic acid groups (broad SMARTS) is 2. The lowest BCUT2D eigenvalue weighted by Crippen LogP contribution is -2.56. The summed E-state index contributed by atoms with van der Waals surface area (Å²) in [6.07, 6.45) is 0. The summed E-state index contributed by atoms with van der Waals surface area (Å²) >= 11 is 0. The molecule has 1 aliphatic rings. The third kappa shape index (κ3) is 2.49. The van der Waals surface area contributed by atoms with Crippen LogP contribution in [0.3, 0.4) is 0 Å². The van der Waals surface area contributed by atoms with E-state index < -0.39 is 34.8 Å². The van der Waals surface area contributed by atoms with Crippen LogP contribution in [0.1, 0.15) is 0 Å². The van der Waals surface area contributed by atoms with E-state index in [9.17, 15) is 13.8 Å². The number of carbonyl (C=O) groups is 2. The predicted octanol–water partition coefficient (Wildman–Crippen LogP) is -1.76. The molecule has 0 bridgehead atoms. The molecular formula is C6H9NO5S. The molecule has 74 valence electrons. The van der Waals surface area contributed by atoms with Gasteiger partial charge in [-0.05, 0) is 0 Å². The fourth-order valence-electron chi connectivity index (χ4n) is 1.06. The first-order chi connectivity index (χ1) is 6.00. The fraction of sp³-hybridized carbons (Fsp3) is 0.667. The minimum absolute atomic E-state index is 0.0287. The van der Waals surface area contributed by atoms with Crippen LogP contribution < -0.4 is 5.32 Å². The van der Waals surface area contributed by atoms with Crippen LogP contribution >= 0.6 is 0 Å². The van der Waals surface area contributed by atoms with Crippen molar-refractivity contribution in [3.63, 3.8) is 0 Å². The molecule has 1 rings (SSSR count). The van der Waals surface area contributed by atoms with Gasteiger partial charge in [-0.1, -0.05) is 0 Å². The fourth-order valence-corrected chi connectivity index (χ4v) is 2.42. The van der Waals surface area contributed by atoms with E-state index in [0.717, 1.165) is 0 Å². The maximum absolute atomic E-state index is 11.0. The topological polar surface area (TPSA) is 104 Å². The van der Waals surface area contributed by atoms with Gasteiger partial charge in [0, 0.05) is 22.3 Å². The van der Waals surface area contributed by atoms with E-state index in [2.05, 4.69) is 5.32 Å². The Hall–Kier alpha value is -0.950. The highest BCUT2D eigenvalue weighted by molar-refractivity contribution is 7.85. The Morgan fingerprint density at radius 1 is 1.15 bits per heavy atom. The molecule has 1 heterocycles. The van der Waals surface area contributed by atoms with Crippen LogP contribution in [-0.2, 0) is 20.4 Å². The molecule has 3 N–H and O–H groups in total. The van der Waals surface area contributed by atoms with Crippen molar-refractivity contribution in [2.24, 2.45) is 0 Å². The van der Waals surface area contributed by atoms with Crippen molar-refractivity contribution >= 4 is 22.7 Å². The molecule has 1 unspecified atom stereocenters. The van der Waals surface area contributed by atoms with Gasteiger partial charge in [0.05, 0.1) is 0 Å². The maximum atomic E-state index is 11.0. The van der Waals surface area contributed by atoms with Gasteiger partial charge in [-0.2, -0.15) is 0 Å². The Morgan fingerprint density at radius 3 is 1.85 bits per heavy atom. The molecule has 0 amide bonds. The van der Waals surface area contributed by atoms with Gasteiger partial charge in [-0.25, -0.2) is 0 Å². The second-order valence-electron chi connectivity index (χ2n) is 2.72. The van der Waals surface area contributed by atoms with E-state index in [1.165, 1.54) is 0 Å². The zero-order valence-electron chi connectivity index (χ0n) is 6.60. The number of rotatable bonds is 2. The van der Waals surface area contributed by atoms with E-state index in [1.54, 1.807) is 0 Å². The first-order valence-electron chi connectivity index (χ1n) is 3.57. The van der Waals surface area contributed by atoms with Crippen LogP contribution in [0.25, 0.3) is 0 Å². The highest BCUT2D eigenvalue weighted by Crippen LogP contribution is 2.03. The monoisotopic (exact) mass is 207 g/mol. The van der Waals surface area contributed by atoms with Crippen LogP contribution in [0.2, 0.25) is 0 Å². The quantitative estimate of drug-likeness (QED) is 0.496. The van der Waals surface area contributed by atoms with Crippen molar-refractivity contribution < 1.29 is 24.0 Å². The Balaban J connectivity index is 2.68. The van der Waals surface area contributed by atoms with E-state index >= 15 is 0 Å². The van der Waals surface area contributed by atoms with Crippen molar-refractivity contribution in [3.05, 3.63) is 0 Å². The van der Waals surface area contributed by atoms with E-state index in [4.69, 9.17) is 10.2 Å². The Kier molecular flexibility index (Phi) is 2.99. The highest BCUT2D eigenvalue weighted by Gasteiger charge is 2.33. The van der Waals surface area contributed by atoms with Gasteiger partial charge < -0.3 is 10.2 Å². The van der Waals surface area contributed by atoms with Crippen LogP contribution in [0.5, 0.6) is 0 Å². The molecule has 1 aliphatic heterocycles. The summed E-state index contributed by atoms with van der Waals surface area (Å²) in [6.45, 7) is 0. The van der Waals surface area contributed by atoms with E-state index in [-0.39, 0.29) is 11.5 Å². The van der Waals surface area contributed by atoms with Crippen LogP contribution in [0.15, 0.2) is 0 Å². The standard InChI is InChI=1S/C6H9NO5S/c8-5(9)3-1-13(12)2-4(7-3)6(10)11/h3-4,7H,1-2H2,(H,8,9)(H,10,11)/t3-,4+,13?. The lowest BCUT2D eigenvalue weighted by atomic mass is 10.2. The van der Waals surface area contributed by atoms with Crippen molar-refractivity contribution in [3.8, 4) is 0 Å². The summed E-state index contributed by atoms with van der Waals surface area (Å²) in [5, 5.41) is 19.5. The summed E-state index contributed by atoms with van der Waals surface area (Å²) in [5.41, 5.74) is 0. The first kappa shape index (κ1) is 10.1. The molecule has 1 fully saturated rings. The molecule has 7 heteroatoms. The van der Waals surface area contributed by atoms with Gasteiger partial charge in [0.2, 0.25) is 0 Å². The van der Waals surface area contributed by atoms with Gasteiger partial charge >= 0.3 is 11.9 Å². The number of hydrogen-bond acceptors (Lipinski definition) is 4. The Morgan fingerprint density at radius 2 is 1.54 bits per heavy atom. The average molecular weight is 207 g/mol. The van der Waals surface area contributed by atoms with Gasteiger partial charge in [0.25, 0.3) is 0 Å². The number of hydrogen-bond donors (Lipinski definition) is 3. The highest BCUT2D eigenvalue weighted by atomic mass is 32.2. The number of carboxylic acids is 2. The molecule has 0 aliphatic carbocycles. The zero-order chi connectivity index (χ0) is 10.0. The zero-order valence-corrected chi connectivity index (χ0v) is 7.41. The van der Waals surface area contributed by atoms with Gasteiger partial charge in [-0.15, -0.1) is 0 Å². The summed E-state index contributed by atoms with van der Waals surface area (Å²) in [4.78, 5) is 21.0. The molecule has 0 saturated carbocycles. The molecular weight excluding hydrogens is 198 g/mol. The van der Waals surface area contributed by atoms with Crippen molar-refractivity contribution in [2.75, 3.05) is 11.5 Å². The largest absolute Gasteiger partial charge is 0.480 e. The molecule has 0 radical (unpaired) electrons. The summed E-state index contributed by atoms with van der Waals surface area (Å²) in [7, 11) is -1.37. The molecule has 3 atom stereocenters. The predicted molar refractivity (Wildman–Crippen MR) is 43.9 cm³/mol. The van der Waals surface area contributed by atoms with Crippen molar-refractivity contribution in [1.29, 1.82) is 0 Å². The van der Waals surface area contributed by atoms with Crippen LogP contribution in [0.4, 0.5) is 0 Å². The summed E-state index contributed by atoms with van der Waals surface area (Å²) < 4.78 is 11.0. The second kappa shape index (κ2) is 3.84. The second-order valence-corrected chi connectivity index (χ2v) is 4.27. The summed E-state index contributed by atoms with van der Waals surface area (Å²) in [5.74, 6) is -2.39. The van der Waals surface area contributed by atoms with Crippen molar-refractivity contribution in [2.45, 2.75) is 12.1 Å². The van der Waals surface area contributed by atoms with Gasteiger partial charge in [0.1, 0.15) is 12.1 Å². The smallest absolute Gasteiger partial charge is 0.321 e. The normalized spacial score (nSPS) is 34.0. The number of aliphatic carboxylic acids is 2. The average Bonchev–Trinajstić information content (AvgIpc) is 2.03. The summed E-state index contributed by atoms with van der Waals surface area (Å²) in [6, 6.07) is -2.04. The lowest BCUT2D eigenvalue weighted by Gasteiger charge is -2.24. The van der Waals surface area contributed by atoms with E-state index in [0.29, 0.717) is 0 Å². The van der Waals surface area contributed by atoms with Crippen LogP contribution in [-0.4, -0.2) is 49.9 Å². The third-order valence-corrected chi connectivity index (χ3v) is 3.11. The molecule has 0 aromatic rings. The van der Waals surface area contributed by atoms with E-state index in [1.807, 2.05) is 0 Å². The molecule has 0 aromatic carbocycles. The Labute approximate surface area is 76.4 Å². The first-order valence-corrected chi connectivity index (χ1v) is 5.06. The number of nitrogens with one attached hydrogen (secondary N) is 1. The molecule has 13 heavy (non-hydrogen) atoms. The van der Waals surface area contributed by atoms with Gasteiger partial charge in [0.15, 0.2) is 0 Å². The molecule has 0 spiro atoms. The Bertz CT molecular complexity index is 242. The minimum atomic E-state index is -1.37. The molecule has 1 saturated heterocycles. The molecule has 0 aromatic heterocycles. The van der Waals surface area contributed by atoms with Crippen molar-refractivity contribution in [1.82, 2.24) is 5.32 Å². The minimum Gasteiger partial charge on any atom is -0.480 e.